The molecule has 2 aromatic carbocycles. The van der Waals surface area contributed by atoms with Crippen molar-refractivity contribution in [3.63, 3.8) is 0 Å². The number of nitrogen functional groups attached to an aromatic ring is 1. The summed E-state index contributed by atoms with van der Waals surface area (Å²) in [5, 5.41) is 14.8. The minimum atomic E-state index is -0.314. The van der Waals surface area contributed by atoms with Crippen LogP contribution in [0.3, 0.4) is 0 Å². The fraction of sp³-hybridized carbons (Fsp3) is 0.0455. The van der Waals surface area contributed by atoms with Crippen LogP contribution >= 0.6 is 0 Å². The molecule has 3 heterocycles. The zero-order valence-corrected chi connectivity index (χ0v) is 17.0. The molecule has 10 nitrogen and oxygen atoms in total. The molecule has 158 valence electrons. The van der Waals surface area contributed by atoms with Gasteiger partial charge in [-0.1, -0.05) is 29.4 Å². The van der Waals surface area contributed by atoms with E-state index in [0.29, 0.717) is 33.9 Å². The standard InChI is InChI=1S/C22H18N8O2/c1-13-7-8-14(21(31)26-18-9-10-32-29-18)11-17(13)25-19-16-12-24-30(15-5-3-2-4-6-15)20(16)28-22(23)27-19/h2-12H,1H3,(H,26,29,31)(H3,23,25,27,28). The number of aromatic nitrogens is 5. The average Bonchev–Trinajstić information content (AvgIpc) is 3.45. The van der Waals surface area contributed by atoms with Gasteiger partial charge in [0, 0.05) is 17.3 Å². The third kappa shape index (κ3) is 3.60. The van der Waals surface area contributed by atoms with Crippen LogP contribution in [0, 0.1) is 6.92 Å². The molecule has 0 aliphatic heterocycles. The molecule has 32 heavy (non-hydrogen) atoms. The van der Waals surface area contributed by atoms with Crippen molar-refractivity contribution in [3.8, 4) is 5.69 Å². The van der Waals surface area contributed by atoms with E-state index >= 15 is 0 Å². The lowest BCUT2D eigenvalue weighted by atomic mass is 10.1. The molecular formula is C22H18N8O2. The van der Waals surface area contributed by atoms with Gasteiger partial charge in [0.05, 0.1) is 17.3 Å². The maximum absolute atomic E-state index is 12.6. The SMILES string of the molecule is Cc1ccc(C(=O)Nc2ccon2)cc1Nc1nc(N)nc2c1cnn2-c1ccccc1. The number of benzene rings is 2. The Morgan fingerprint density at radius 3 is 2.72 bits per heavy atom. The summed E-state index contributed by atoms with van der Waals surface area (Å²) in [4.78, 5) is 21.3. The van der Waals surface area contributed by atoms with Crippen molar-refractivity contribution >= 4 is 40.2 Å². The summed E-state index contributed by atoms with van der Waals surface area (Å²) in [6.07, 6.45) is 3.07. The highest BCUT2D eigenvalue weighted by molar-refractivity contribution is 6.04. The second-order valence-corrected chi connectivity index (χ2v) is 7.05. The average molecular weight is 426 g/mol. The molecule has 5 rings (SSSR count). The van der Waals surface area contributed by atoms with Gasteiger partial charge in [-0.3, -0.25) is 4.79 Å². The Bertz CT molecular complexity index is 1410. The number of aryl methyl sites for hydroxylation is 1. The third-order valence-electron chi connectivity index (χ3n) is 4.88. The number of anilines is 4. The predicted octanol–water partition coefficient (Wildman–Crippen LogP) is 3.69. The molecule has 3 aromatic heterocycles. The van der Waals surface area contributed by atoms with Crippen LogP contribution in [0.1, 0.15) is 15.9 Å². The van der Waals surface area contributed by atoms with E-state index in [2.05, 4.69) is 30.9 Å². The number of nitrogens with zero attached hydrogens (tertiary/aromatic N) is 5. The molecule has 0 saturated heterocycles. The van der Waals surface area contributed by atoms with Crippen molar-refractivity contribution in [2.24, 2.45) is 0 Å². The minimum absolute atomic E-state index is 0.107. The third-order valence-corrected chi connectivity index (χ3v) is 4.88. The van der Waals surface area contributed by atoms with Gasteiger partial charge in [0.25, 0.3) is 5.91 Å². The number of carbonyl (C=O) groups is 1. The second-order valence-electron chi connectivity index (χ2n) is 7.05. The van der Waals surface area contributed by atoms with Gasteiger partial charge in [0.15, 0.2) is 11.5 Å². The van der Waals surface area contributed by atoms with Gasteiger partial charge in [-0.15, -0.1) is 0 Å². The number of nitrogens with one attached hydrogen (secondary N) is 2. The molecule has 1 amide bonds. The van der Waals surface area contributed by atoms with Gasteiger partial charge in [-0.2, -0.15) is 15.1 Å². The van der Waals surface area contributed by atoms with Crippen LogP contribution in [0.4, 0.5) is 23.3 Å². The van der Waals surface area contributed by atoms with Gasteiger partial charge < -0.3 is 20.9 Å². The number of para-hydroxylation sites is 1. The van der Waals surface area contributed by atoms with Gasteiger partial charge in [0.2, 0.25) is 5.95 Å². The largest absolute Gasteiger partial charge is 0.368 e. The molecule has 0 radical (unpaired) electrons. The monoisotopic (exact) mass is 426 g/mol. The maximum Gasteiger partial charge on any atom is 0.256 e. The Labute approximate surface area is 182 Å². The molecular weight excluding hydrogens is 408 g/mol. The van der Waals surface area contributed by atoms with Gasteiger partial charge in [-0.25, -0.2) is 4.68 Å². The molecule has 10 heteroatoms. The molecule has 0 fully saturated rings. The Morgan fingerprint density at radius 2 is 1.94 bits per heavy atom. The van der Waals surface area contributed by atoms with Crippen molar-refractivity contribution in [3.05, 3.63) is 78.2 Å². The quantitative estimate of drug-likeness (QED) is 0.387. The van der Waals surface area contributed by atoms with Crippen molar-refractivity contribution in [1.82, 2.24) is 24.9 Å². The fourth-order valence-corrected chi connectivity index (χ4v) is 3.27. The van der Waals surface area contributed by atoms with Crippen molar-refractivity contribution < 1.29 is 9.32 Å². The maximum atomic E-state index is 12.6. The van der Waals surface area contributed by atoms with E-state index < -0.39 is 0 Å². The Kier molecular flexibility index (Phi) is 4.71. The molecule has 4 N–H and O–H groups in total. The van der Waals surface area contributed by atoms with Crippen LogP contribution in [0.25, 0.3) is 16.7 Å². The van der Waals surface area contributed by atoms with Crippen LogP contribution in [-0.4, -0.2) is 30.8 Å². The van der Waals surface area contributed by atoms with Crippen LogP contribution in [-0.2, 0) is 0 Å². The number of amides is 1. The van der Waals surface area contributed by atoms with Crippen LogP contribution in [0.15, 0.2) is 71.6 Å². The normalized spacial score (nSPS) is 10.9. The second kappa shape index (κ2) is 7.84. The molecule has 0 atom stereocenters. The first kappa shape index (κ1) is 19.2. The molecule has 0 bridgehead atoms. The zero-order chi connectivity index (χ0) is 22.1. The van der Waals surface area contributed by atoms with E-state index in [9.17, 15) is 4.79 Å². The minimum Gasteiger partial charge on any atom is -0.368 e. The van der Waals surface area contributed by atoms with Gasteiger partial charge in [0.1, 0.15) is 12.1 Å². The summed E-state index contributed by atoms with van der Waals surface area (Å²) < 4.78 is 6.45. The number of hydrogen-bond donors (Lipinski definition) is 3. The summed E-state index contributed by atoms with van der Waals surface area (Å²) in [5.41, 5.74) is 9.48. The molecule has 0 spiro atoms. The van der Waals surface area contributed by atoms with E-state index in [1.807, 2.05) is 43.3 Å². The van der Waals surface area contributed by atoms with Crippen LogP contribution in [0.5, 0.6) is 0 Å². The highest BCUT2D eigenvalue weighted by Gasteiger charge is 2.15. The zero-order valence-electron chi connectivity index (χ0n) is 17.0. The summed E-state index contributed by atoms with van der Waals surface area (Å²) >= 11 is 0. The first-order valence-electron chi connectivity index (χ1n) is 9.74. The van der Waals surface area contributed by atoms with Crippen molar-refractivity contribution in [2.45, 2.75) is 6.92 Å². The lowest BCUT2D eigenvalue weighted by Gasteiger charge is -2.12. The molecule has 0 saturated carbocycles. The Morgan fingerprint density at radius 1 is 1.09 bits per heavy atom. The predicted molar refractivity (Wildman–Crippen MR) is 120 cm³/mol. The summed E-state index contributed by atoms with van der Waals surface area (Å²) in [6, 6.07) is 16.5. The topological polar surface area (TPSA) is 137 Å². The summed E-state index contributed by atoms with van der Waals surface area (Å²) in [7, 11) is 0. The number of nitrogens with two attached hydrogens (primary N) is 1. The lowest BCUT2D eigenvalue weighted by molar-refractivity contribution is 0.102. The fourth-order valence-electron chi connectivity index (χ4n) is 3.27. The summed E-state index contributed by atoms with van der Waals surface area (Å²) in [5.74, 6) is 0.622. The van der Waals surface area contributed by atoms with E-state index in [0.717, 1.165) is 11.3 Å². The number of carbonyl (C=O) groups excluding carboxylic acids is 1. The van der Waals surface area contributed by atoms with Crippen LogP contribution < -0.4 is 16.4 Å². The number of fused-ring (bicyclic) bond motifs is 1. The highest BCUT2D eigenvalue weighted by Crippen LogP contribution is 2.28. The van der Waals surface area contributed by atoms with Crippen molar-refractivity contribution in [1.29, 1.82) is 0 Å². The molecule has 0 aliphatic carbocycles. The highest BCUT2D eigenvalue weighted by atomic mass is 16.5. The van der Waals surface area contributed by atoms with Gasteiger partial charge >= 0.3 is 0 Å². The first-order chi connectivity index (χ1) is 15.6. The molecule has 0 unspecified atom stereocenters. The van der Waals surface area contributed by atoms with E-state index in [-0.39, 0.29) is 11.9 Å². The molecule has 5 aromatic rings. The van der Waals surface area contributed by atoms with Crippen LogP contribution in [0.2, 0.25) is 0 Å². The molecule has 0 aliphatic rings. The smallest absolute Gasteiger partial charge is 0.256 e. The first-order valence-corrected chi connectivity index (χ1v) is 9.74. The van der Waals surface area contributed by atoms with Crippen molar-refractivity contribution in [2.75, 3.05) is 16.4 Å². The van der Waals surface area contributed by atoms with E-state index in [4.69, 9.17) is 10.3 Å². The van der Waals surface area contributed by atoms with E-state index in [1.54, 1.807) is 29.1 Å². The number of rotatable bonds is 5. The summed E-state index contributed by atoms with van der Waals surface area (Å²) in [6.45, 7) is 1.93. The number of hydrogen-bond acceptors (Lipinski definition) is 8. The lowest BCUT2D eigenvalue weighted by Crippen LogP contribution is -2.12. The van der Waals surface area contributed by atoms with Gasteiger partial charge in [-0.05, 0) is 36.8 Å². The Balaban J connectivity index is 1.50. The van der Waals surface area contributed by atoms with E-state index in [1.165, 1.54) is 6.26 Å². The Hall–Kier alpha value is -4.73.